The zero-order valence-electron chi connectivity index (χ0n) is 23.0. The van der Waals surface area contributed by atoms with Crippen molar-refractivity contribution in [2.45, 2.75) is 13.3 Å². The van der Waals surface area contributed by atoms with Gasteiger partial charge in [-0.25, -0.2) is 14.4 Å². The molecule has 10 nitrogen and oxygen atoms in total. The molecule has 214 valence electrons. The number of pyridine rings is 1. The van der Waals surface area contributed by atoms with Crippen LogP contribution in [0.4, 0.5) is 10.1 Å². The number of aromatic hydroxyl groups is 1. The van der Waals surface area contributed by atoms with Gasteiger partial charge in [-0.05, 0) is 43.3 Å². The van der Waals surface area contributed by atoms with Crippen molar-refractivity contribution < 1.29 is 19.0 Å². The van der Waals surface area contributed by atoms with E-state index in [2.05, 4.69) is 19.8 Å². The molecule has 1 aromatic carbocycles. The number of anilines is 1. The van der Waals surface area contributed by atoms with Crippen LogP contribution in [-0.2, 0) is 11.2 Å². The molecule has 0 atom stereocenters. The zero-order chi connectivity index (χ0) is 28.7. The van der Waals surface area contributed by atoms with E-state index in [0.717, 1.165) is 42.3 Å². The first-order valence-electron chi connectivity index (χ1n) is 13.6. The monoisotopic (exact) mass is 578 g/mol. The third-order valence-corrected chi connectivity index (χ3v) is 8.66. The summed E-state index contributed by atoms with van der Waals surface area (Å²) in [5, 5.41) is 11.3. The Bertz CT molecular complexity index is 1670. The van der Waals surface area contributed by atoms with Crippen molar-refractivity contribution in [3.63, 3.8) is 0 Å². The van der Waals surface area contributed by atoms with Crippen LogP contribution < -0.4 is 10.5 Å². The highest BCUT2D eigenvalue weighted by molar-refractivity contribution is 7.15. The van der Waals surface area contributed by atoms with Gasteiger partial charge in [0.05, 0.1) is 18.9 Å². The molecule has 41 heavy (non-hydrogen) atoms. The van der Waals surface area contributed by atoms with Crippen LogP contribution in [0.5, 0.6) is 5.75 Å². The largest absolute Gasteiger partial charge is 0.501 e. The number of hydrogen-bond donors (Lipinski definition) is 1. The second-order valence-corrected chi connectivity index (χ2v) is 11.6. The van der Waals surface area contributed by atoms with Gasteiger partial charge in [0.15, 0.2) is 0 Å². The third-order valence-electron chi connectivity index (χ3n) is 7.66. The number of halogens is 1. The number of hydrogen-bond acceptors (Lipinski definition) is 9. The van der Waals surface area contributed by atoms with E-state index in [1.165, 1.54) is 27.9 Å². The van der Waals surface area contributed by atoms with Crippen LogP contribution in [0.3, 0.4) is 0 Å². The first-order chi connectivity index (χ1) is 19.8. The van der Waals surface area contributed by atoms with E-state index < -0.39 is 17.1 Å². The van der Waals surface area contributed by atoms with E-state index in [-0.39, 0.29) is 11.6 Å². The lowest BCUT2D eigenvalue weighted by molar-refractivity contribution is 0.0662. The number of amides is 1. The van der Waals surface area contributed by atoms with Gasteiger partial charge in [0.2, 0.25) is 5.75 Å². The number of carbonyl (C=O) groups excluding carboxylic acids is 1. The second-order valence-electron chi connectivity index (χ2n) is 10.5. The molecule has 0 saturated carbocycles. The number of ether oxygens (including phenoxy) is 1. The van der Waals surface area contributed by atoms with Crippen LogP contribution in [0.15, 0.2) is 41.5 Å². The van der Waals surface area contributed by atoms with Crippen LogP contribution in [0, 0.1) is 12.7 Å². The number of aromatic nitrogens is 3. The van der Waals surface area contributed by atoms with E-state index in [4.69, 9.17) is 4.74 Å². The minimum absolute atomic E-state index is 0.112. The molecule has 4 aromatic rings. The molecule has 0 unspecified atom stereocenters. The summed E-state index contributed by atoms with van der Waals surface area (Å²) in [6.45, 7) is 7.26. The van der Waals surface area contributed by atoms with E-state index in [9.17, 15) is 19.1 Å². The smallest absolute Gasteiger partial charge is 0.300 e. The number of fused-ring (bicyclic) bond motifs is 1. The molecule has 6 rings (SSSR count). The summed E-state index contributed by atoms with van der Waals surface area (Å²) >= 11 is 1.28. The molecule has 0 bridgehead atoms. The number of nitrogens with zero attached hydrogens (tertiary/aromatic N) is 6. The molecule has 1 N–H and O–H groups in total. The Labute approximate surface area is 240 Å². The Hall–Kier alpha value is -3.87. The average Bonchev–Trinajstić information content (AvgIpc) is 3.44. The SMILES string of the molecule is Cc1cc(N2CCOCC2)cn2c(=O)c(O)c(-c3ncc(Cc4ccc(F)cc4C(=O)N4CCN(C)CC4)s3)nc12. The van der Waals surface area contributed by atoms with Crippen molar-refractivity contribution in [3.8, 4) is 16.5 Å². The average molecular weight is 579 g/mol. The van der Waals surface area contributed by atoms with Gasteiger partial charge < -0.3 is 24.5 Å². The lowest BCUT2D eigenvalue weighted by atomic mass is 10.0. The maximum atomic E-state index is 14.2. The van der Waals surface area contributed by atoms with Gasteiger partial charge in [0, 0.05) is 68.5 Å². The van der Waals surface area contributed by atoms with Crippen molar-refractivity contribution >= 4 is 28.6 Å². The summed E-state index contributed by atoms with van der Waals surface area (Å²) in [5.41, 5.74) is 2.67. The minimum Gasteiger partial charge on any atom is -0.501 e. The number of aryl methyl sites for hydroxylation is 1. The molecule has 0 aliphatic carbocycles. The summed E-state index contributed by atoms with van der Waals surface area (Å²) in [5.74, 6) is -1.13. The number of piperazine rings is 1. The molecule has 2 saturated heterocycles. The van der Waals surface area contributed by atoms with E-state index in [0.29, 0.717) is 54.5 Å². The minimum atomic E-state index is -0.571. The van der Waals surface area contributed by atoms with Gasteiger partial charge in [0.25, 0.3) is 5.91 Å². The molecule has 2 aliphatic rings. The number of carbonyl (C=O) groups is 1. The number of benzene rings is 1. The summed E-state index contributed by atoms with van der Waals surface area (Å²) in [6, 6.07) is 6.26. The predicted molar refractivity (Wildman–Crippen MR) is 155 cm³/mol. The molecule has 1 amide bonds. The molecule has 5 heterocycles. The lowest BCUT2D eigenvalue weighted by Crippen LogP contribution is -2.47. The summed E-state index contributed by atoms with van der Waals surface area (Å²) in [7, 11) is 2.01. The third kappa shape index (κ3) is 5.42. The quantitative estimate of drug-likeness (QED) is 0.386. The fourth-order valence-corrected chi connectivity index (χ4v) is 6.22. The molecule has 3 aromatic heterocycles. The highest BCUT2D eigenvalue weighted by atomic mass is 32.1. The standard InChI is InChI=1S/C29H31FN6O4S/c1-18-13-21(34-9-11-40-12-10-34)17-36-26(18)32-24(25(37)29(36)39)27-31-16-22(41-27)14-19-3-4-20(30)15-23(19)28(38)35-7-5-33(2)6-8-35/h3-4,13,15-17,37H,5-12,14H2,1-2H3. The van der Waals surface area contributed by atoms with Crippen molar-refractivity contribution in [2.75, 3.05) is 64.4 Å². The van der Waals surface area contributed by atoms with Crippen molar-refractivity contribution in [3.05, 3.63) is 74.4 Å². The second kappa shape index (κ2) is 11.2. The van der Waals surface area contributed by atoms with Crippen molar-refractivity contribution in [1.82, 2.24) is 24.2 Å². The van der Waals surface area contributed by atoms with Gasteiger partial charge in [-0.1, -0.05) is 6.07 Å². The fourth-order valence-electron chi connectivity index (χ4n) is 5.29. The first-order valence-corrected chi connectivity index (χ1v) is 14.4. The Kier molecular flexibility index (Phi) is 7.45. The Morgan fingerprint density at radius 2 is 1.88 bits per heavy atom. The molecule has 2 fully saturated rings. The maximum Gasteiger partial charge on any atom is 0.300 e. The summed E-state index contributed by atoms with van der Waals surface area (Å²) in [4.78, 5) is 42.5. The Balaban J connectivity index is 1.30. The predicted octanol–water partition coefficient (Wildman–Crippen LogP) is 2.79. The van der Waals surface area contributed by atoms with Gasteiger partial charge in [-0.3, -0.25) is 14.0 Å². The topological polar surface area (TPSA) is 104 Å². The highest BCUT2D eigenvalue weighted by Crippen LogP contribution is 2.32. The van der Waals surface area contributed by atoms with Crippen LogP contribution >= 0.6 is 11.3 Å². The zero-order valence-corrected chi connectivity index (χ0v) is 23.8. The summed E-state index contributed by atoms with van der Waals surface area (Å²) in [6.07, 6.45) is 3.69. The van der Waals surface area contributed by atoms with E-state index >= 15 is 0 Å². The molecule has 12 heteroatoms. The van der Waals surface area contributed by atoms with Gasteiger partial charge in [0.1, 0.15) is 22.2 Å². The molecule has 0 radical (unpaired) electrons. The van der Waals surface area contributed by atoms with Crippen LogP contribution in [0.2, 0.25) is 0 Å². The number of morpholine rings is 1. The highest BCUT2D eigenvalue weighted by Gasteiger charge is 2.24. The van der Waals surface area contributed by atoms with Crippen LogP contribution in [0.25, 0.3) is 16.3 Å². The maximum absolute atomic E-state index is 14.2. The van der Waals surface area contributed by atoms with Gasteiger partial charge in [-0.2, -0.15) is 0 Å². The van der Waals surface area contributed by atoms with Gasteiger partial charge in [-0.15, -0.1) is 11.3 Å². The number of thiazole rings is 1. The number of likely N-dealkylation sites (N-methyl/N-ethyl adjacent to an activating group) is 1. The van der Waals surface area contributed by atoms with Crippen molar-refractivity contribution in [1.29, 1.82) is 0 Å². The van der Waals surface area contributed by atoms with E-state index in [1.54, 1.807) is 23.4 Å². The van der Waals surface area contributed by atoms with Crippen molar-refractivity contribution in [2.24, 2.45) is 0 Å². The van der Waals surface area contributed by atoms with Crippen LogP contribution in [-0.4, -0.2) is 94.7 Å². The molecular weight excluding hydrogens is 547 g/mol. The summed E-state index contributed by atoms with van der Waals surface area (Å²) < 4.78 is 21.0. The lowest BCUT2D eigenvalue weighted by Gasteiger charge is -2.32. The van der Waals surface area contributed by atoms with Gasteiger partial charge >= 0.3 is 5.56 Å². The number of rotatable bonds is 5. The first kappa shape index (κ1) is 27.3. The fraction of sp³-hybridized carbons (Fsp3) is 0.379. The Morgan fingerprint density at radius 1 is 1.12 bits per heavy atom. The molecular formula is C29H31FN6O4S. The molecule has 0 spiro atoms. The Morgan fingerprint density at radius 3 is 2.63 bits per heavy atom. The van der Waals surface area contributed by atoms with E-state index in [1.807, 2.05) is 20.0 Å². The normalized spacial score (nSPS) is 16.5. The molecule has 2 aliphatic heterocycles. The van der Waals surface area contributed by atoms with Crippen LogP contribution in [0.1, 0.15) is 26.4 Å².